The van der Waals surface area contributed by atoms with Crippen molar-refractivity contribution in [3.05, 3.63) is 29.6 Å². The number of aromatic nitrogens is 1. The van der Waals surface area contributed by atoms with Crippen molar-refractivity contribution in [3.8, 4) is 0 Å². The molecule has 0 aliphatic carbocycles. The molecule has 2 amide bonds. The summed E-state index contributed by atoms with van der Waals surface area (Å²) in [4.78, 5) is 16.0. The SMILES string of the molecule is Cc1cccnc1CNC(=O)NCC(C)(O)CCC(C)C. The van der Waals surface area contributed by atoms with Crippen LogP contribution in [0.15, 0.2) is 18.3 Å². The topological polar surface area (TPSA) is 74.2 Å². The zero-order chi connectivity index (χ0) is 15.9. The van der Waals surface area contributed by atoms with Crippen LogP contribution < -0.4 is 10.6 Å². The first-order chi connectivity index (χ1) is 9.80. The molecule has 0 spiro atoms. The molecule has 0 fully saturated rings. The van der Waals surface area contributed by atoms with Gasteiger partial charge in [0.05, 0.1) is 17.8 Å². The lowest BCUT2D eigenvalue weighted by Crippen LogP contribution is -2.44. The molecule has 0 saturated heterocycles. The van der Waals surface area contributed by atoms with E-state index in [0.29, 0.717) is 18.9 Å². The first kappa shape index (κ1) is 17.4. The lowest BCUT2D eigenvalue weighted by molar-refractivity contribution is 0.0476. The Labute approximate surface area is 127 Å². The van der Waals surface area contributed by atoms with Gasteiger partial charge in [-0.15, -0.1) is 0 Å². The van der Waals surface area contributed by atoms with Gasteiger partial charge in [0.25, 0.3) is 0 Å². The number of hydrogen-bond acceptors (Lipinski definition) is 3. The van der Waals surface area contributed by atoms with E-state index >= 15 is 0 Å². The Morgan fingerprint density at radius 1 is 1.43 bits per heavy atom. The van der Waals surface area contributed by atoms with E-state index in [1.54, 1.807) is 13.1 Å². The quantitative estimate of drug-likeness (QED) is 0.722. The number of aryl methyl sites for hydroxylation is 1. The number of urea groups is 1. The summed E-state index contributed by atoms with van der Waals surface area (Å²) in [7, 11) is 0. The van der Waals surface area contributed by atoms with Gasteiger partial charge in [0.1, 0.15) is 0 Å². The average molecular weight is 293 g/mol. The van der Waals surface area contributed by atoms with E-state index in [1.165, 1.54) is 0 Å². The molecule has 1 atom stereocenters. The Bertz CT molecular complexity index is 459. The summed E-state index contributed by atoms with van der Waals surface area (Å²) >= 11 is 0. The van der Waals surface area contributed by atoms with Crippen LogP contribution in [0.25, 0.3) is 0 Å². The number of nitrogens with zero attached hydrogens (tertiary/aromatic N) is 1. The number of pyridine rings is 1. The van der Waals surface area contributed by atoms with Crippen LogP contribution in [-0.2, 0) is 6.54 Å². The van der Waals surface area contributed by atoms with Gasteiger partial charge in [0.15, 0.2) is 0 Å². The molecule has 0 aromatic carbocycles. The first-order valence-electron chi connectivity index (χ1n) is 7.45. The molecule has 0 saturated carbocycles. The lowest BCUT2D eigenvalue weighted by Gasteiger charge is -2.24. The minimum atomic E-state index is -0.872. The first-order valence-corrected chi connectivity index (χ1v) is 7.45. The highest BCUT2D eigenvalue weighted by atomic mass is 16.3. The van der Waals surface area contributed by atoms with Crippen molar-refractivity contribution < 1.29 is 9.90 Å². The van der Waals surface area contributed by atoms with Gasteiger partial charge in [-0.25, -0.2) is 4.79 Å². The van der Waals surface area contributed by atoms with Crippen LogP contribution >= 0.6 is 0 Å². The van der Waals surface area contributed by atoms with Crippen LogP contribution in [-0.4, -0.2) is 28.3 Å². The molecule has 1 unspecified atom stereocenters. The Balaban J connectivity index is 2.32. The molecule has 118 valence electrons. The van der Waals surface area contributed by atoms with Crippen LogP contribution in [0.1, 0.15) is 44.9 Å². The Morgan fingerprint density at radius 2 is 2.14 bits per heavy atom. The fraction of sp³-hybridized carbons (Fsp3) is 0.625. The van der Waals surface area contributed by atoms with Crippen molar-refractivity contribution in [3.63, 3.8) is 0 Å². The molecule has 0 aliphatic rings. The summed E-state index contributed by atoms with van der Waals surface area (Å²) in [6, 6.07) is 3.54. The van der Waals surface area contributed by atoms with Gasteiger partial charge in [-0.05, 0) is 44.2 Å². The van der Waals surface area contributed by atoms with Gasteiger partial charge in [-0.1, -0.05) is 19.9 Å². The number of carbonyl (C=O) groups is 1. The third-order valence-electron chi connectivity index (χ3n) is 3.42. The fourth-order valence-electron chi connectivity index (χ4n) is 1.89. The summed E-state index contributed by atoms with van der Waals surface area (Å²) in [6.07, 6.45) is 3.31. The maximum Gasteiger partial charge on any atom is 0.315 e. The van der Waals surface area contributed by atoms with E-state index in [2.05, 4.69) is 29.5 Å². The van der Waals surface area contributed by atoms with Gasteiger partial charge in [0, 0.05) is 12.7 Å². The van der Waals surface area contributed by atoms with Crippen molar-refractivity contribution in [2.24, 2.45) is 5.92 Å². The molecule has 1 aromatic rings. The van der Waals surface area contributed by atoms with Crippen LogP contribution in [0.5, 0.6) is 0 Å². The molecule has 21 heavy (non-hydrogen) atoms. The van der Waals surface area contributed by atoms with Gasteiger partial charge >= 0.3 is 6.03 Å². The number of nitrogens with one attached hydrogen (secondary N) is 2. The van der Waals surface area contributed by atoms with Gasteiger partial charge in [-0.3, -0.25) is 4.98 Å². The number of aliphatic hydroxyl groups is 1. The highest BCUT2D eigenvalue weighted by Crippen LogP contribution is 2.15. The van der Waals surface area contributed by atoms with Crippen molar-refractivity contribution in [1.82, 2.24) is 15.6 Å². The number of hydrogen-bond donors (Lipinski definition) is 3. The summed E-state index contributed by atoms with van der Waals surface area (Å²) in [5, 5.41) is 15.6. The second kappa shape index (κ2) is 7.98. The normalized spacial score (nSPS) is 13.8. The zero-order valence-electron chi connectivity index (χ0n) is 13.4. The molecule has 0 bridgehead atoms. The molecular formula is C16H27N3O2. The molecule has 1 heterocycles. The fourth-order valence-corrected chi connectivity index (χ4v) is 1.89. The molecular weight excluding hydrogens is 266 g/mol. The third kappa shape index (κ3) is 7.09. The Morgan fingerprint density at radius 3 is 2.76 bits per heavy atom. The second-order valence-corrected chi connectivity index (χ2v) is 6.23. The molecule has 5 nitrogen and oxygen atoms in total. The average Bonchev–Trinajstić information content (AvgIpc) is 2.42. The number of amides is 2. The standard InChI is InChI=1S/C16H27N3O2/c1-12(2)7-8-16(4,21)11-19-15(20)18-10-14-13(3)6-5-9-17-14/h5-6,9,12,21H,7-8,10-11H2,1-4H3,(H2,18,19,20). The summed E-state index contributed by atoms with van der Waals surface area (Å²) in [6.45, 7) is 8.56. The Kier molecular flexibility index (Phi) is 6.62. The predicted octanol–water partition coefficient (Wildman–Crippen LogP) is 2.38. The monoisotopic (exact) mass is 293 g/mol. The Hall–Kier alpha value is -1.62. The molecule has 3 N–H and O–H groups in total. The number of carbonyl (C=O) groups excluding carboxylic acids is 1. The summed E-state index contributed by atoms with van der Waals surface area (Å²) in [5.74, 6) is 0.539. The second-order valence-electron chi connectivity index (χ2n) is 6.23. The predicted molar refractivity (Wildman–Crippen MR) is 83.9 cm³/mol. The summed E-state index contributed by atoms with van der Waals surface area (Å²) < 4.78 is 0. The van der Waals surface area contributed by atoms with Crippen LogP contribution in [0.4, 0.5) is 4.79 Å². The maximum absolute atomic E-state index is 11.8. The third-order valence-corrected chi connectivity index (χ3v) is 3.42. The molecule has 1 aromatic heterocycles. The van der Waals surface area contributed by atoms with Gasteiger partial charge in [0.2, 0.25) is 0 Å². The largest absolute Gasteiger partial charge is 0.388 e. The number of rotatable bonds is 7. The maximum atomic E-state index is 11.8. The van der Waals surface area contributed by atoms with Crippen LogP contribution in [0.2, 0.25) is 0 Å². The lowest BCUT2D eigenvalue weighted by atomic mass is 9.95. The van der Waals surface area contributed by atoms with E-state index < -0.39 is 5.60 Å². The summed E-state index contributed by atoms with van der Waals surface area (Å²) in [5.41, 5.74) is 1.02. The van der Waals surface area contributed by atoms with Crippen molar-refractivity contribution >= 4 is 6.03 Å². The van der Waals surface area contributed by atoms with E-state index in [4.69, 9.17) is 0 Å². The highest BCUT2D eigenvalue weighted by molar-refractivity contribution is 5.73. The molecule has 5 heteroatoms. The minimum absolute atomic E-state index is 0.243. The smallest absolute Gasteiger partial charge is 0.315 e. The molecule has 0 aliphatic heterocycles. The van der Waals surface area contributed by atoms with Crippen LogP contribution in [0, 0.1) is 12.8 Å². The van der Waals surface area contributed by atoms with Crippen molar-refractivity contribution in [2.75, 3.05) is 6.54 Å². The van der Waals surface area contributed by atoms with E-state index in [0.717, 1.165) is 17.7 Å². The van der Waals surface area contributed by atoms with E-state index in [9.17, 15) is 9.90 Å². The molecule has 0 radical (unpaired) electrons. The minimum Gasteiger partial charge on any atom is -0.388 e. The van der Waals surface area contributed by atoms with E-state index in [-0.39, 0.29) is 12.6 Å². The van der Waals surface area contributed by atoms with Gasteiger partial charge in [-0.2, -0.15) is 0 Å². The van der Waals surface area contributed by atoms with Crippen molar-refractivity contribution in [2.45, 2.75) is 52.7 Å². The van der Waals surface area contributed by atoms with E-state index in [1.807, 2.05) is 19.1 Å². The van der Waals surface area contributed by atoms with Crippen LogP contribution in [0.3, 0.4) is 0 Å². The zero-order valence-corrected chi connectivity index (χ0v) is 13.4. The van der Waals surface area contributed by atoms with Gasteiger partial charge < -0.3 is 15.7 Å². The highest BCUT2D eigenvalue weighted by Gasteiger charge is 2.21. The molecule has 1 rings (SSSR count). The van der Waals surface area contributed by atoms with Crippen molar-refractivity contribution in [1.29, 1.82) is 0 Å².